The summed E-state index contributed by atoms with van der Waals surface area (Å²) in [5, 5.41) is 2.40. The Morgan fingerprint density at radius 2 is 1.38 bits per heavy atom. The van der Waals surface area contributed by atoms with Gasteiger partial charge < -0.3 is 0 Å². The molecule has 0 bridgehead atoms. The second-order valence-electron chi connectivity index (χ2n) is 6.32. The van der Waals surface area contributed by atoms with Gasteiger partial charge in [0.15, 0.2) is 0 Å². The minimum absolute atomic E-state index is 0.543. The molecule has 4 atom stereocenters. The van der Waals surface area contributed by atoms with Crippen LogP contribution in [0.5, 0.6) is 0 Å². The molecule has 126 valence electrons. The SMILES string of the molecule is CCSC(C)C1CCCCC1(C(C)SCC)C(C)SCC. The molecule has 1 aliphatic rings. The molecule has 1 fully saturated rings. The van der Waals surface area contributed by atoms with Crippen LogP contribution in [0, 0.1) is 11.3 Å². The first kappa shape index (κ1) is 20.1. The molecule has 3 heteroatoms. The summed E-state index contributed by atoms with van der Waals surface area (Å²) in [6.45, 7) is 14.5. The van der Waals surface area contributed by atoms with E-state index in [9.17, 15) is 0 Å². The molecule has 0 aromatic heterocycles. The van der Waals surface area contributed by atoms with E-state index < -0.39 is 0 Å². The summed E-state index contributed by atoms with van der Waals surface area (Å²) in [6, 6.07) is 0. The van der Waals surface area contributed by atoms with E-state index in [-0.39, 0.29) is 0 Å². The molecular formula is C18H36S3. The molecule has 0 aromatic rings. The highest BCUT2D eigenvalue weighted by molar-refractivity contribution is 8.01. The average Bonchev–Trinajstić information content (AvgIpc) is 2.47. The molecular weight excluding hydrogens is 312 g/mol. The Kier molecular flexibility index (Phi) is 9.60. The normalized spacial score (nSPS) is 30.9. The smallest absolute Gasteiger partial charge is 0.00886 e. The van der Waals surface area contributed by atoms with E-state index in [1.54, 1.807) is 0 Å². The first-order chi connectivity index (χ1) is 10.0. The number of hydrogen-bond donors (Lipinski definition) is 0. The topological polar surface area (TPSA) is 0 Å². The van der Waals surface area contributed by atoms with Crippen LogP contribution in [0.3, 0.4) is 0 Å². The van der Waals surface area contributed by atoms with Crippen LogP contribution in [0.1, 0.15) is 67.2 Å². The van der Waals surface area contributed by atoms with Crippen molar-refractivity contribution in [3.05, 3.63) is 0 Å². The van der Waals surface area contributed by atoms with Crippen LogP contribution in [0.25, 0.3) is 0 Å². The highest BCUT2D eigenvalue weighted by Gasteiger charge is 2.50. The van der Waals surface area contributed by atoms with Crippen molar-refractivity contribution >= 4 is 35.3 Å². The van der Waals surface area contributed by atoms with Gasteiger partial charge in [0.05, 0.1) is 0 Å². The van der Waals surface area contributed by atoms with Crippen molar-refractivity contribution in [1.29, 1.82) is 0 Å². The van der Waals surface area contributed by atoms with E-state index in [1.165, 1.54) is 42.9 Å². The van der Waals surface area contributed by atoms with Crippen molar-refractivity contribution in [2.24, 2.45) is 11.3 Å². The minimum atomic E-state index is 0.543. The summed E-state index contributed by atoms with van der Waals surface area (Å²) in [7, 11) is 0. The predicted molar refractivity (Wildman–Crippen MR) is 107 cm³/mol. The van der Waals surface area contributed by atoms with Crippen molar-refractivity contribution < 1.29 is 0 Å². The molecule has 0 aliphatic heterocycles. The largest absolute Gasteiger partial charge is 0.159 e. The average molecular weight is 349 g/mol. The third-order valence-electron chi connectivity index (χ3n) is 5.41. The number of rotatable bonds is 9. The maximum atomic E-state index is 2.53. The van der Waals surface area contributed by atoms with Gasteiger partial charge in [0.2, 0.25) is 0 Å². The van der Waals surface area contributed by atoms with Crippen LogP contribution in [-0.2, 0) is 0 Å². The standard InChI is InChI=1S/C18H36S3/c1-7-19-14(4)17-12-10-11-13-18(17,15(5)20-8-2)16(6)21-9-3/h14-17H,7-13H2,1-6H3. The molecule has 0 N–H and O–H groups in total. The first-order valence-corrected chi connectivity index (χ1v) is 12.0. The fraction of sp³-hybridized carbons (Fsp3) is 1.00. The quantitative estimate of drug-likeness (QED) is 0.461. The lowest BCUT2D eigenvalue weighted by atomic mass is 9.61. The Balaban J connectivity index is 3.08. The summed E-state index contributed by atoms with van der Waals surface area (Å²) in [5.74, 6) is 4.68. The summed E-state index contributed by atoms with van der Waals surface area (Å²) in [5.41, 5.74) is 0.543. The van der Waals surface area contributed by atoms with E-state index in [1.807, 2.05) is 0 Å². The van der Waals surface area contributed by atoms with Gasteiger partial charge in [0.1, 0.15) is 0 Å². The molecule has 0 aromatic carbocycles. The van der Waals surface area contributed by atoms with Gasteiger partial charge in [0, 0.05) is 15.7 Å². The zero-order chi connectivity index (χ0) is 15.9. The third-order valence-corrected chi connectivity index (χ3v) is 9.14. The first-order valence-electron chi connectivity index (χ1n) is 8.89. The highest BCUT2D eigenvalue weighted by atomic mass is 32.2. The zero-order valence-electron chi connectivity index (χ0n) is 15.0. The van der Waals surface area contributed by atoms with Gasteiger partial charge in [-0.1, -0.05) is 54.4 Å². The van der Waals surface area contributed by atoms with E-state index in [0.29, 0.717) is 5.41 Å². The van der Waals surface area contributed by atoms with Gasteiger partial charge in [-0.15, -0.1) is 0 Å². The minimum Gasteiger partial charge on any atom is -0.159 e. The van der Waals surface area contributed by atoms with Gasteiger partial charge in [-0.05, 0) is 41.4 Å². The molecule has 1 aliphatic carbocycles. The van der Waals surface area contributed by atoms with E-state index >= 15 is 0 Å². The molecule has 1 rings (SSSR count). The zero-order valence-corrected chi connectivity index (χ0v) is 17.4. The van der Waals surface area contributed by atoms with E-state index in [4.69, 9.17) is 0 Å². The van der Waals surface area contributed by atoms with Crippen LogP contribution >= 0.6 is 35.3 Å². The number of thioether (sulfide) groups is 3. The van der Waals surface area contributed by atoms with Crippen molar-refractivity contribution in [3.8, 4) is 0 Å². The van der Waals surface area contributed by atoms with Crippen LogP contribution < -0.4 is 0 Å². The Labute approximate surface area is 146 Å². The van der Waals surface area contributed by atoms with Crippen molar-refractivity contribution in [3.63, 3.8) is 0 Å². The predicted octanol–water partition coefficient (Wildman–Crippen LogP) is 6.59. The highest BCUT2D eigenvalue weighted by Crippen LogP contribution is 2.56. The summed E-state index contributed by atoms with van der Waals surface area (Å²) < 4.78 is 0. The third kappa shape index (κ3) is 4.76. The molecule has 1 saturated carbocycles. The monoisotopic (exact) mass is 348 g/mol. The summed E-state index contributed by atoms with van der Waals surface area (Å²) >= 11 is 6.61. The Bertz CT molecular complexity index is 268. The van der Waals surface area contributed by atoms with Crippen molar-refractivity contribution in [2.45, 2.75) is 83.0 Å². The number of hydrogen-bond acceptors (Lipinski definition) is 3. The molecule has 0 saturated heterocycles. The van der Waals surface area contributed by atoms with Crippen LogP contribution in [0.2, 0.25) is 0 Å². The molecule has 21 heavy (non-hydrogen) atoms. The van der Waals surface area contributed by atoms with E-state index in [0.717, 1.165) is 21.7 Å². The van der Waals surface area contributed by atoms with Crippen LogP contribution in [-0.4, -0.2) is 33.0 Å². The maximum absolute atomic E-state index is 2.53. The molecule has 0 radical (unpaired) electrons. The van der Waals surface area contributed by atoms with Crippen LogP contribution in [0.4, 0.5) is 0 Å². The maximum Gasteiger partial charge on any atom is 0.00886 e. The summed E-state index contributed by atoms with van der Waals surface area (Å²) in [4.78, 5) is 0. The van der Waals surface area contributed by atoms with Gasteiger partial charge in [0.25, 0.3) is 0 Å². The molecule has 0 amide bonds. The second kappa shape index (κ2) is 10.0. The Morgan fingerprint density at radius 3 is 1.86 bits per heavy atom. The lowest BCUT2D eigenvalue weighted by molar-refractivity contribution is 0.0967. The molecule has 0 spiro atoms. The van der Waals surface area contributed by atoms with Gasteiger partial charge in [-0.3, -0.25) is 0 Å². The van der Waals surface area contributed by atoms with Gasteiger partial charge in [-0.2, -0.15) is 35.3 Å². The fourth-order valence-electron chi connectivity index (χ4n) is 4.45. The Hall–Kier alpha value is 1.05. The fourth-order valence-corrected chi connectivity index (χ4v) is 8.30. The second-order valence-corrected chi connectivity index (χ2v) is 11.2. The Morgan fingerprint density at radius 1 is 0.857 bits per heavy atom. The van der Waals surface area contributed by atoms with Crippen LogP contribution in [0.15, 0.2) is 0 Å². The molecule has 0 nitrogen and oxygen atoms in total. The van der Waals surface area contributed by atoms with Gasteiger partial charge in [-0.25, -0.2) is 0 Å². The molecule has 4 unspecified atom stereocenters. The lowest BCUT2D eigenvalue weighted by Gasteiger charge is -2.53. The van der Waals surface area contributed by atoms with Crippen molar-refractivity contribution in [1.82, 2.24) is 0 Å². The molecule has 0 heterocycles. The lowest BCUT2D eigenvalue weighted by Crippen LogP contribution is -2.51. The van der Waals surface area contributed by atoms with Gasteiger partial charge >= 0.3 is 0 Å². The summed E-state index contributed by atoms with van der Waals surface area (Å²) in [6.07, 6.45) is 5.81. The van der Waals surface area contributed by atoms with E-state index in [2.05, 4.69) is 76.8 Å². The van der Waals surface area contributed by atoms with Crippen molar-refractivity contribution in [2.75, 3.05) is 17.3 Å².